The Kier molecular flexibility index (Phi) is 4.18. The molecule has 0 radical (unpaired) electrons. The number of nitrogens with zero attached hydrogens (tertiary/aromatic N) is 1. The molecule has 2 aromatic rings. The summed E-state index contributed by atoms with van der Waals surface area (Å²) in [6, 6.07) is 6.77. The van der Waals surface area contributed by atoms with Crippen LogP contribution < -0.4 is 5.73 Å². The summed E-state index contributed by atoms with van der Waals surface area (Å²) in [6.07, 6.45) is 2.76. The Labute approximate surface area is 127 Å². The van der Waals surface area contributed by atoms with E-state index in [0.29, 0.717) is 17.2 Å². The van der Waals surface area contributed by atoms with Gasteiger partial charge < -0.3 is 10.8 Å². The number of nitrogens with two attached hydrogens (primary N) is 1. The predicted molar refractivity (Wildman–Crippen MR) is 78.9 cm³/mol. The van der Waals surface area contributed by atoms with Crippen molar-refractivity contribution in [2.75, 3.05) is 0 Å². The Bertz CT molecular complexity index is 611. The number of aromatic hydroxyl groups is 1. The van der Waals surface area contributed by atoms with Gasteiger partial charge in [-0.15, -0.1) is 12.4 Å². The Hall–Kier alpha value is -1.36. The van der Waals surface area contributed by atoms with Crippen molar-refractivity contribution in [1.29, 1.82) is 0 Å². The minimum Gasteiger partial charge on any atom is -0.505 e. The molecule has 0 bridgehead atoms. The van der Waals surface area contributed by atoms with Gasteiger partial charge in [0.05, 0.1) is 10.7 Å². The highest BCUT2D eigenvalue weighted by molar-refractivity contribution is 6.31. The summed E-state index contributed by atoms with van der Waals surface area (Å²) in [4.78, 5) is 4.31. The van der Waals surface area contributed by atoms with Crippen LogP contribution in [0.4, 0.5) is 4.39 Å². The second-order valence-electron chi connectivity index (χ2n) is 4.77. The summed E-state index contributed by atoms with van der Waals surface area (Å²) < 4.78 is 13.2. The number of hydrogen-bond acceptors (Lipinski definition) is 3. The lowest BCUT2D eigenvalue weighted by Crippen LogP contribution is -2.01. The summed E-state index contributed by atoms with van der Waals surface area (Å²) in [6.45, 7) is 0. The fourth-order valence-corrected chi connectivity index (χ4v) is 2.33. The normalized spacial score (nSPS) is 20.4. The highest BCUT2D eigenvalue weighted by Crippen LogP contribution is 2.39. The van der Waals surface area contributed by atoms with Gasteiger partial charge in [-0.3, -0.25) is 4.98 Å². The third kappa shape index (κ3) is 2.73. The molecule has 1 fully saturated rings. The summed E-state index contributed by atoms with van der Waals surface area (Å²) in [7, 11) is 0. The van der Waals surface area contributed by atoms with E-state index in [0.717, 1.165) is 12.0 Å². The van der Waals surface area contributed by atoms with E-state index in [1.54, 1.807) is 6.20 Å². The van der Waals surface area contributed by atoms with Crippen LogP contribution in [0.3, 0.4) is 0 Å². The molecule has 1 aliphatic rings. The highest BCUT2D eigenvalue weighted by atomic mass is 35.5. The van der Waals surface area contributed by atoms with Crippen molar-refractivity contribution in [2.45, 2.75) is 18.4 Å². The van der Waals surface area contributed by atoms with E-state index in [1.807, 2.05) is 12.1 Å². The first kappa shape index (κ1) is 15.0. The molecule has 1 saturated carbocycles. The van der Waals surface area contributed by atoms with Crippen molar-refractivity contribution in [3.63, 3.8) is 0 Å². The average molecular weight is 315 g/mol. The molecule has 3 N–H and O–H groups in total. The second kappa shape index (κ2) is 5.56. The van der Waals surface area contributed by atoms with Gasteiger partial charge >= 0.3 is 0 Å². The molecule has 20 heavy (non-hydrogen) atoms. The largest absolute Gasteiger partial charge is 0.505 e. The summed E-state index contributed by atoms with van der Waals surface area (Å²) in [5.74, 6) is -0.893. The first-order valence-electron chi connectivity index (χ1n) is 5.96. The SMILES string of the molecule is Cl.NC1CC1c1ccc(-c2cc(O)c(F)c(Cl)c2)nc1. The molecule has 106 valence electrons. The van der Waals surface area contributed by atoms with Crippen LogP contribution in [0.25, 0.3) is 11.3 Å². The van der Waals surface area contributed by atoms with E-state index in [9.17, 15) is 9.50 Å². The van der Waals surface area contributed by atoms with Crippen LogP contribution in [-0.2, 0) is 0 Å². The van der Waals surface area contributed by atoms with Gasteiger partial charge in [-0.05, 0) is 30.2 Å². The fourth-order valence-electron chi connectivity index (χ4n) is 2.12. The van der Waals surface area contributed by atoms with Crippen LogP contribution >= 0.6 is 24.0 Å². The number of pyridine rings is 1. The molecular weight excluding hydrogens is 302 g/mol. The van der Waals surface area contributed by atoms with E-state index in [4.69, 9.17) is 17.3 Å². The van der Waals surface area contributed by atoms with Gasteiger partial charge in [-0.25, -0.2) is 4.39 Å². The molecule has 1 aromatic carbocycles. The number of phenols is 1. The van der Waals surface area contributed by atoms with Gasteiger partial charge in [0.25, 0.3) is 0 Å². The first-order chi connectivity index (χ1) is 9.06. The molecule has 1 heterocycles. The number of aromatic nitrogens is 1. The van der Waals surface area contributed by atoms with Gasteiger partial charge in [0.15, 0.2) is 11.6 Å². The van der Waals surface area contributed by atoms with E-state index >= 15 is 0 Å². The van der Waals surface area contributed by atoms with Crippen molar-refractivity contribution < 1.29 is 9.50 Å². The molecule has 1 aromatic heterocycles. The zero-order chi connectivity index (χ0) is 13.6. The zero-order valence-electron chi connectivity index (χ0n) is 10.4. The number of phenolic OH excluding ortho intramolecular Hbond substituents is 1. The molecule has 0 spiro atoms. The number of halogens is 3. The lowest BCUT2D eigenvalue weighted by Gasteiger charge is -2.05. The minimum atomic E-state index is -0.814. The van der Waals surface area contributed by atoms with Crippen LogP contribution in [0.15, 0.2) is 30.5 Å². The van der Waals surface area contributed by atoms with Crippen LogP contribution in [0.1, 0.15) is 17.9 Å². The standard InChI is InChI=1S/C14H12ClFN2O.ClH/c15-10-3-8(4-13(19)14(10)16)12-2-1-7(6-18-12)9-5-11(9)17;/h1-4,6,9,11,19H,5,17H2;1H. The Morgan fingerprint density at radius 2 is 2.05 bits per heavy atom. The van der Waals surface area contributed by atoms with Gasteiger partial charge in [0.1, 0.15) is 0 Å². The third-order valence-electron chi connectivity index (χ3n) is 3.36. The Balaban J connectivity index is 0.00000147. The maximum atomic E-state index is 13.2. The Morgan fingerprint density at radius 3 is 2.55 bits per heavy atom. The molecule has 3 nitrogen and oxygen atoms in total. The summed E-state index contributed by atoms with van der Waals surface area (Å²) in [5.41, 5.74) is 8.10. The van der Waals surface area contributed by atoms with E-state index < -0.39 is 11.6 Å². The molecular formula is C14H13Cl2FN2O. The van der Waals surface area contributed by atoms with Crippen molar-refractivity contribution in [1.82, 2.24) is 4.98 Å². The van der Waals surface area contributed by atoms with Gasteiger partial charge in [0, 0.05) is 23.7 Å². The number of benzene rings is 1. The van der Waals surface area contributed by atoms with E-state index in [-0.39, 0.29) is 23.5 Å². The molecule has 0 aliphatic heterocycles. The second-order valence-corrected chi connectivity index (χ2v) is 5.18. The van der Waals surface area contributed by atoms with Crippen molar-refractivity contribution in [2.24, 2.45) is 5.73 Å². The molecule has 0 amide bonds. The lowest BCUT2D eigenvalue weighted by atomic mass is 10.1. The Morgan fingerprint density at radius 1 is 1.35 bits per heavy atom. The predicted octanol–water partition coefficient (Wildman–Crippen LogP) is 3.48. The minimum absolute atomic E-state index is 0. The molecule has 6 heteroatoms. The maximum Gasteiger partial charge on any atom is 0.183 e. The van der Waals surface area contributed by atoms with Crippen LogP contribution in [-0.4, -0.2) is 16.1 Å². The smallest absolute Gasteiger partial charge is 0.183 e. The topological polar surface area (TPSA) is 59.1 Å². The van der Waals surface area contributed by atoms with E-state index in [1.165, 1.54) is 12.1 Å². The van der Waals surface area contributed by atoms with Gasteiger partial charge in [-0.1, -0.05) is 17.7 Å². The molecule has 2 atom stereocenters. The van der Waals surface area contributed by atoms with Crippen molar-refractivity contribution >= 4 is 24.0 Å². The lowest BCUT2D eigenvalue weighted by molar-refractivity contribution is 0.433. The van der Waals surface area contributed by atoms with Crippen LogP contribution in [0, 0.1) is 5.82 Å². The summed E-state index contributed by atoms with van der Waals surface area (Å²) in [5, 5.41) is 9.31. The third-order valence-corrected chi connectivity index (χ3v) is 3.63. The monoisotopic (exact) mass is 314 g/mol. The quantitative estimate of drug-likeness (QED) is 0.892. The maximum absolute atomic E-state index is 13.2. The highest BCUT2D eigenvalue weighted by Gasteiger charge is 2.34. The molecule has 3 rings (SSSR count). The first-order valence-corrected chi connectivity index (χ1v) is 6.34. The molecule has 0 saturated heterocycles. The van der Waals surface area contributed by atoms with Crippen LogP contribution in [0.2, 0.25) is 5.02 Å². The van der Waals surface area contributed by atoms with E-state index in [2.05, 4.69) is 4.98 Å². The van der Waals surface area contributed by atoms with Gasteiger partial charge in [0.2, 0.25) is 0 Å². The summed E-state index contributed by atoms with van der Waals surface area (Å²) >= 11 is 5.70. The average Bonchev–Trinajstić information content (AvgIpc) is 3.13. The van der Waals surface area contributed by atoms with Crippen LogP contribution in [0.5, 0.6) is 5.75 Å². The van der Waals surface area contributed by atoms with Gasteiger partial charge in [-0.2, -0.15) is 0 Å². The number of hydrogen-bond donors (Lipinski definition) is 2. The molecule has 1 aliphatic carbocycles. The van der Waals surface area contributed by atoms with Crippen molar-refractivity contribution in [3.05, 3.63) is 46.9 Å². The fraction of sp³-hybridized carbons (Fsp3) is 0.214. The molecule has 2 unspecified atom stereocenters. The van der Waals surface area contributed by atoms with Crippen molar-refractivity contribution in [3.8, 4) is 17.0 Å². The number of rotatable bonds is 2. The zero-order valence-corrected chi connectivity index (χ0v) is 12.0.